The summed E-state index contributed by atoms with van der Waals surface area (Å²) < 4.78 is 37.9. The van der Waals surface area contributed by atoms with Gasteiger partial charge in [-0.2, -0.15) is 13.2 Å². The Morgan fingerprint density at radius 2 is 1.80 bits per heavy atom. The molecule has 0 spiro atoms. The largest absolute Gasteiger partial charge is 0.417 e. The van der Waals surface area contributed by atoms with E-state index in [2.05, 4.69) is 10.3 Å². The van der Waals surface area contributed by atoms with Crippen LogP contribution in [0.1, 0.15) is 5.56 Å². The minimum Gasteiger partial charge on any atom is -0.382 e. The van der Waals surface area contributed by atoms with Crippen LogP contribution in [0.5, 0.6) is 0 Å². The summed E-state index contributed by atoms with van der Waals surface area (Å²) in [7, 11) is 0. The van der Waals surface area contributed by atoms with Gasteiger partial charge in [0.1, 0.15) is 5.82 Å². The van der Waals surface area contributed by atoms with Gasteiger partial charge in [-0.25, -0.2) is 4.98 Å². The fourth-order valence-electron chi connectivity index (χ4n) is 1.47. The Morgan fingerprint density at radius 3 is 2.40 bits per heavy atom. The van der Waals surface area contributed by atoms with Crippen LogP contribution < -0.4 is 11.1 Å². The number of nitrogens with one attached hydrogen (secondary N) is 1. The molecule has 0 aliphatic rings. The van der Waals surface area contributed by atoms with Crippen molar-refractivity contribution in [1.82, 2.24) is 4.98 Å². The molecule has 2 aromatic rings. The summed E-state index contributed by atoms with van der Waals surface area (Å²) in [5, 5.41) is 3.37. The normalized spacial score (nSPS) is 11.4. The maximum absolute atomic E-state index is 12.6. The fraction of sp³-hybridized carbons (Fsp3) is 0.0833. The molecule has 3 nitrogen and oxygen atoms in total. The summed E-state index contributed by atoms with van der Waals surface area (Å²) in [6.07, 6.45) is -3.83. The second-order valence-electron chi connectivity index (χ2n) is 3.90. The second-order valence-corrected chi connectivity index (χ2v) is 4.75. The summed E-state index contributed by atoms with van der Waals surface area (Å²) in [4.78, 5) is 3.52. The smallest absolute Gasteiger partial charge is 0.382 e. The molecule has 0 aliphatic carbocycles. The highest BCUT2D eigenvalue weighted by atomic mass is 35.5. The number of nitrogens with zero attached hydrogens (tertiary/aromatic N) is 1. The molecule has 0 atom stereocenters. The lowest BCUT2D eigenvalue weighted by molar-refractivity contribution is -0.137. The van der Waals surface area contributed by atoms with Crippen molar-refractivity contribution in [3.05, 3.63) is 46.1 Å². The van der Waals surface area contributed by atoms with Gasteiger partial charge in [-0.3, -0.25) is 0 Å². The van der Waals surface area contributed by atoms with Gasteiger partial charge in [-0.15, -0.1) is 0 Å². The molecule has 20 heavy (non-hydrogen) atoms. The summed E-state index contributed by atoms with van der Waals surface area (Å²) in [6, 6.07) is 5.41. The quantitative estimate of drug-likeness (QED) is 0.840. The zero-order valence-corrected chi connectivity index (χ0v) is 11.3. The van der Waals surface area contributed by atoms with E-state index < -0.39 is 11.7 Å². The fourth-order valence-corrected chi connectivity index (χ4v) is 1.92. The molecule has 2 rings (SSSR count). The van der Waals surface area contributed by atoms with Crippen molar-refractivity contribution in [2.24, 2.45) is 0 Å². The van der Waals surface area contributed by atoms with Gasteiger partial charge in [-0.05, 0) is 24.3 Å². The van der Waals surface area contributed by atoms with Crippen molar-refractivity contribution in [3.63, 3.8) is 0 Å². The Hall–Kier alpha value is -1.66. The predicted molar refractivity (Wildman–Crippen MR) is 73.4 cm³/mol. The molecule has 0 amide bonds. The van der Waals surface area contributed by atoms with E-state index in [1.807, 2.05) is 0 Å². The van der Waals surface area contributed by atoms with Crippen molar-refractivity contribution >= 4 is 40.4 Å². The highest BCUT2D eigenvalue weighted by molar-refractivity contribution is 6.36. The molecule has 0 fully saturated rings. The molecular formula is C12H8Cl2F3N3. The molecule has 1 heterocycles. The van der Waals surface area contributed by atoms with Crippen LogP contribution in [0.2, 0.25) is 10.0 Å². The molecule has 0 saturated heterocycles. The second kappa shape index (κ2) is 5.38. The van der Waals surface area contributed by atoms with Crippen LogP contribution in [0.4, 0.5) is 30.4 Å². The molecule has 0 unspecified atom stereocenters. The lowest BCUT2D eigenvalue weighted by Gasteiger charge is -2.13. The Labute approximate surface area is 122 Å². The van der Waals surface area contributed by atoms with E-state index in [0.29, 0.717) is 16.9 Å². The third-order valence-electron chi connectivity index (χ3n) is 2.45. The van der Waals surface area contributed by atoms with Crippen LogP contribution in [0, 0.1) is 0 Å². The number of aromatic nitrogens is 1. The van der Waals surface area contributed by atoms with Gasteiger partial charge in [-0.1, -0.05) is 23.2 Å². The van der Waals surface area contributed by atoms with Crippen molar-refractivity contribution in [3.8, 4) is 0 Å². The number of rotatable bonds is 2. The molecular weight excluding hydrogens is 314 g/mol. The first kappa shape index (κ1) is 14.7. The minimum atomic E-state index is -4.50. The third kappa shape index (κ3) is 3.26. The maximum atomic E-state index is 12.6. The summed E-state index contributed by atoms with van der Waals surface area (Å²) in [5.41, 5.74) is 5.04. The van der Waals surface area contributed by atoms with Crippen LogP contribution in [0.15, 0.2) is 30.5 Å². The SMILES string of the molecule is Nc1ncc(C(F)(F)F)cc1Nc1ccc(Cl)cc1Cl. The molecule has 1 aromatic carbocycles. The predicted octanol–water partition coefficient (Wildman–Crippen LogP) is 4.73. The summed E-state index contributed by atoms with van der Waals surface area (Å²) >= 11 is 11.7. The molecule has 8 heteroatoms. The number of anilines is 3. The summed E-state index contributed by atoms with van der Waals surface area (Å²) in [6.45, 7) is 0. The summed E-state index contributed by atoms with van der Waals surface area (Å²) in [5.74, 6) is -0.0657. The average molecular weight is 322 g/mol. The molecule has 3 N–H and O–H groups in total. The van der Waals surface area contributed by atoms with Crippen molar-refractivity contribution in [1.29, 1.82) is 0 Å². The zero-order chi connectivity index (χ0) is 14.9. The monoisotopic (exact) mass is 321 g/mol. The van der Waals surface area contributed by atoms with Gasteiger partial charge in [0.2, 0.25) is 0 Å². The maximum Gasteiger partial charge on any atom is 0.417 e. The van der Waals surface area contributed by atoms with Crippen LogP contribution >= 0.6 is 23.2 Å². The first-order valence-corrected chi connectivity index (χ1v) is 6.08. The molecule has 0 radical (unpaired) electrons. The zero-order valence-electron chi connectivity index (χ0n) is 9.80. The highest BCUT2D eigenvalue weighted by Gasteiger charge is 2.31. The Kier molecular flexibility index (Phi) is 3.96. The van der Waals surface area contributed by atoms with E-state index in [0.717, 1.165) is 6.07 Å². The van der Waals surface area contributed by atoms with E-state index in [1.54, 1.807) is 6.07 Å². The lowest BCUT2D eigenvalue weighted by Crippen LogP contribution is -2.08. The molecule has 0 saturated carbocycles. The van der Waals surface area contributed by atoms with Gasteiger partial charge < -0.3 is 11.1 Å². The van der Waals surface area contributed by atoms with Crippen LogP contribution in [-0.4, -0.2) is 4.98 Å². The van der Waals surface area contributed by atoms with Gasteiger partial charge in [0, 0.05) is 11.2 Å². The lowest BCUT2D eigenvalue weighted by atomic mass is 10.2. The highest BCUT2D eigenvalue weighted by Crippen LogP contribution is 2.34. The molecule has 0 aliphatic heterocycles. The van der Waals surface area contributed by atoms with E-state index in [1.165, 1.54) is 12.1 Å². The van der Waals surface area contributed by atoms with Gasteiger partial charge >= 0.3 is 6.18 Å². The van der Waals surface area contributed by atoms with Gasteiger partial charge in [0.25, 0.3) is 0 Å². The molecule has 106 valence electrons. The number of nitrogen functional groups attached to an aromatic ring is 1. The topological polar surface area (TPSA) is 50.9 Å². The number of hydrogen-bond acceptors (Lipinski definition) is 3. The van der Waals surface area contributed by atoms with Crippen molar-refractivity contribution in [2.45, 2.75) is 6.18 Å². The van der Waals surface area contributed by atoms with Crippen LogP contribution in [0.25, 0.3) is 0 Å². The minimum absolute atomic E-state index is 0.0176. The van der Waals surface area contributed by atoms with Crippen LogP contribution in [0.3, 0.4) is 0 Å². The van der Waals surface area contributed by atoms with Crippen molar-refractivity contribution in [2.75, 3.05) is 11.1 Å². The van der Waals surface area contributed by atoms with E-state index in [-0.39, 0.29) is 16.5 Å². The van der Waals surface area contributed by atoms with E-state index in [4.69, 9.17) is 28.9 Å². The first-order chi connectivity index (χ1) is 9.27. The van der Waals surface area contributed by atoms with E-state index >= 15 is 0 Å². The standard InChI is InChI=1S/C12H8Cl2F3N3/c13-7-1-2-9(8(14)4-7)20-10-3-6(12(15,16)17)5-19-11(10)18/h1-5,20H,(H2,18,19). The Bertz CT molecular complexity index is 644. The van der Waals surface area contributed by atoms with Gasteiger partial charge in [0.05, 0.1) is 22.0 Å². The number of nitrogens with two attached hydrogens (primary N) is 1. The number of hydrogen-bond donors (Lipinski definition) is 2. The number of halogens is 5. The van der Waals surface area contributed by atoms with Crippen LogP contribution in [-0.2, 0) is 6.18 Å². The number of benzene rings is 1. The third-order valence-corrected chi connectivity index (χ3v) is 2.99. The Morgan fingerprint density at radius 1 is 1.10 bits per heavy atom. The molecule has 1 aromatic heterocycles. The molecule has 0 bridgehead atoms. The average Bonchev–Trinajstić information content (AvgIpc) is 2.33. The number of alkyl halides is 3. The number of pyridine rings is 1. The first-order valence-electron chi connectivity index (χ1n) is 5.32. The van der Waals surface area contributed by atoms with E-state index in [9.17, 15) is 13.2 Å². The Balaban J connectivity index is 2.38. The van der Waals surface area contributed by atoms with Gasteiger partial charge in [0.15, 0.2) is 0 Å². The van der Waals surface area contributed by atoms with Crippen molar-refractivity contribution < 1.29 is 13.2 Å².